The quantitative estimate of drug-likeness (QED) is 0.874. The van der Waals surface area contributed by atoms with Gasteiger partial charge in [-0.3, -0.25) is 4.79 Å². The van der Waals surface area contributed by atoms with Crippen molar-refractivity contribution in [2.75, 3.05) is 25.0 Å². The first-order valence-electron chi connectivity index (χ1n) is 8.85. The van der Waals surface area contributed by atoms with Gasteiger partial charge in [0.25, 0.3) is 0 Å². The molecule has 0 unspecified atom stereocenters. The van der Waals surface area contributed by atoms with Crippen molar-refractivity contribution in [3.05, 3.63) is 29.8 Å². The summed E-state index contributed by atoms with van der Waals surface area (Å²) in [6.07, 6.45) is 2.35. The minimum absolute atomic E-state index is 0.132. The van der Waals surface area contributed by atoms with Crippen LogP contribution in [0, 0.1) is 0 Å². The van der Waals surface area contributed by atoms with Crippen molar-refractivity contribution in [1.82, 2.24) is 9.80 Å². The van der Waals surface area contributed by atoms with Gasteiger partial charge < -0.3 is 15.1 Å². The lowest BCUT2D eigenvalue weighted by Gasteiger charge is -2.35. The van der Waals surface area contributed by atoms with Crippen LogP contribution >= 0.6 is 0 Å². The third-order valence-electron chi connectivity index (χ3n) is 4.83. The van der Waals surface area contributed by atoms with Crippen molar-refractivity contribution in [1.29, 1.82) is 0 Å². The van der Waals surface area contributed by atoms with E-state index in [1.165, 1.54) is 24.1 Å². The third-order valence-corrected chi connectivity index (χ3v) is 4.83. The second-order valence-electron chi connectivity index (χ2n) is 6.74. The van der Waals surface area contributed by atoms with Crippen LogP contribution in [0.5, 0.6) is 0 Å². The number of amides is 1. The van der Waals surface area contributed by atoms with Crippen molar-refractivity contribution in [2.24, 2.45) is 0 Å². The number of likely N-dealkylation sites (tertiary alicyclic amines) is 1. The van der Waals surface area contributed by atoms with E-state index in [9.17, 15) is 4.79 Å². The van der Waals surface area contributed by atoms with Crippen LogP contribution in [0.15, 0.2) is 24.3 Å². The molecule has 1 aromatic rings. The Labute approximate surface area is 140 Å². The molecular weight excluding hydrogens is 286 g/mol. The predicted octanol–water partition coefficient (Wildman–Crippen LogP) is 3.34. The minimum atomic E-state index is 0.132. The molecule has 0 bridgehead atoms. The van der Waals surface area contributed by atoms with Crippen LogP contribution in [0.25, 0.3) is 0 Å². The van der Waals surface area contributed by atoms with Crippen molar-refractivity contribution in [3.8, 4) is 0 Å². The SMILES string of the molecule is CCN(Cc1ccccc1NC1CCN(C(C)C)CC1)C(C)=O. The van der Waals surface area contributed by atoms with Crippen LogP contribution in [-0.4, -0.2) is 47.4 Å². The summed E-state index contributed by atoms with van der Waals surface area (Å²) in [4.78, 5) is 16.1. The molecule has 1 heterocycles. The first-order valence-corrected chi connectivity index (χ1v) is 8.85. The summed E-state index contributed by atoms with van der Waals surface area (Å²) >= 11 is 0. The van der Waals surface area contributed by atoms with Crippen LogP contribution in [-0.2, 0) is 11.3 Å². The summed E-state index contributed by atoms with van der Waals surface area (Å²) in [5.41, 5.74) is 2.38. The highest BCUT2D eigenvalue weighted by molar-refractivity contribution is 5.73. The zero-order valence-corrected chi connectivity index (χ0v) is 15.0. The molecule has 1 N–H and O–H groups in total. The van der Waals surface area contributed by atoms with E-state index in [1.807, 2.05) is 11.8 Å². The average Bonchev–Trinajstić information content (AvgIpc) is 2.54. The maximum atomic E-state index is 11.7. The molecule has 0 aliphatic carbocycles. The number of nitrogens with zero attached hydrogens (tertiary/aromatic N) is 2. The molecule has 4 heteroatoms. The van der Waals surface area contributed by atoms with Crippen LogP contribution in [0.2, 0.25) is 0 Å². The smallest absolute Gasteiger partial charge is 0.219 e. The summed E-state index contributed by atoms with van der Waals surface area (Å²) in [6.45, 7) is 11.9. The maximum absolute atomic E-state index is 11.7. The van der Waals surface area contributed by atoms with Gasteiger partial charge in [0.05, 0.1) is 0 Å². The Kier molecular flexibility index (Phi) is 6.46. The molecule has 0 atom stereocenters. The van der Waals surface area contributed by atoms with E-state index in [2.05, 4.69) is 48.3 Å². The van der Waals surface area contributed by atoms with Crippen molar-refractivity contribution in [2.45, 2.75) is 59.2 Å². The molecule has 1 aromatic carbocycles. The Morgan fingerprint density at radius 2 is 1.96 bits per heavy atom. The van der Waals surface area contributed by atoms with Crippen LogP contribution in [0.4, 0.5) is 5.69 Å². The van der Waals surface area contributed by atoms with Gasteiger partial charge in [0.2, 0.25) is 5.91 Å². The summed E-state index contributed by atoms with van der Waals surface area (Å²) in [6, 6.07) is 9.54. The molecular formula is C19H31N3O. The lowest BCUT2D eigenvalue weighted by Crippen LogP contribution is -2.42. The van der Waals surface area contributed by atoms with Crippen LogP contribution < -0.4 is 5.32 Å². The Balaban J connectivity index is 1.99. The molecule has 0 spiro atoms. The number of hydrogen-bond donors (Lipinski definition) is 1. The maximum Gasteiger partial charge on any atom is 0.219 e. The first-order chi connectivity index (χ1) is 11.0. The van der Waals surface area contributed by atoms with Gasteiger partial charge in [-0.2, -0.15) is 0 Å². The second-order valence-corrected chi connectivity index (χ2v) is 6.74. The highest BCUT2D eigenvalue weighted by Crippen LogP contribution is 2.22. The molecule has 2 rings (SSSR count). The Bertz CT molecular complexity index is 507. The van der Waals surface area contributed by atoms with Gasteiger partial charge in [0.1, 0.15) is 0 Å². The third kappa shape index (κ3) is 4.96. The monoisotopic (exact) mass is 317 g/mol. The number of benzene rings is 1. The van der Waals surface area contributed by atoms with E-state index in [1.54, 1.807) is 6.92 Å². The first kappa shape index (κ1) is 17.8. The molecule has 4 nitrogen and oxygen atoms in total. The normalized spacial score (nSPS) is 16.6. The molecule has 23 heavy (non-hydrogen) atoms. The average molecular weight is 317 g/mol. The fraction of sp³-hybridized carbons (Fsp3) is 0.632. The van der Waals surface area contributed by atoms with Gasteiger partial charge in [-0.15, -0.1) is 0 Å². The topological polar surface area (TPSA) is 35.6 Å². The Morgan fingerprint density at radius 3 is 2.52 bits per heavy atom. The highest BCUT2D eigenvalue weighted by Gasteiger charge is 2.21. The van der Waals surface area contributed by atoms with Gasteiger partial charge in [0, 0.05) is 50.9 Å². The van der Waals surface area contributed by atoms with Crippen LogP contribution in [0.3, 0.4) is 0 Å². The summed E-state index contributed by atoms with van der Waals surface area (Å²) < 4.78 is 0. The predicted molar refractivity (Wildman–Crippen MR) is 96.6 cm³/mol. The number of rotatable bonds is 6. The van der Waals surface area contributed by atoms with Gasteiger partial charge in [-0.25, -0.2) is 0 Å². The molecule has 1 aliphatic rings. The number of nitrogens with one attached hydrogen (secondary N) is 1. The molecule has 0 saturated carbocycles. The van der Waals surface area contributed by atoms with Gasteiger partial charge >= 0.3 is 0 Å². The molecule has 128 valence electrons. The van der Waals surface area contributed by atoms with E-state index in [0.29, 0.717) is 18.6 Å². The zero-order chi connectivity index (χ0) is 16.8. The zero-order valence-electron chi connectivity index (χ0n) is 15.0. The fourth-order valence-electron chi connectivity index (χ4n) is 3.23. The largest absolute Gasteiger partial charge is 0.382 e. The summed E-state index contributed by atoms with van der Waals surface area (Å²) in [7, 11) is 0. The lowest BCUT2D eigenvalue weighted by atomic mass is 10.0. The number of piperidine rings is 1. The second kappa shape index (κ2) is 8.34. The number of para-hydroxylation sites is 1. The molecule has 0 radical (unpaired) electrons. The lowest BCUT2D eigenvalue weighted by molar-refractivity contribution is -0.129. The summed E-state index contributed by atoms with van der Waals surface area (Å²) in [5.74, 6) is 0.132. The van der Waals surface area contributed by atoms with E-state index in [-0.39, 0.29) is 5.91 Å². The fourth-order valence-corrected chi connectivity index (χ4v) is 3.23. The van der Waals surface area contributed by atoms with E-state index >= 15 is 0 Å². The Morgan fingerprint density at radius 1 is 1.30 bits per heavy atom. The molecule has 1 fully saturated rings. The molecule has 1 amide bonds. The van der Waals surface area contributed by atoms with Crippen LogP contribution in [0.1, 0.15) is 46.1 Å². The van der Waals surface area contributed by atoms with E-state index < -0.39 is 0 Å². The van der Waals surface area contributed by atoms with Crippen molar-refractivity contribution in [3.63, 3.8) is 0 Å². The van der Waals surface area contributed by atoms with Crippen molar-refractivity contribution >= 4 is 11.6 Å². The highest BCUT2D eigenvalue weighted by atomic mass is 16.2. The Hall–Kier alpha value is -1.55. The van der Waals surface area contributed by atoms with Gasteiger partial charge in [0.15, 0.2) is 0 Å². The van der Waals surface area contributed by atoms with E-state index in [0.717, 1.165) is 19.6 Å². The van der Waals surface area contributed by atoms with E-state index in [4.69, 9.17) is 0 Å². The number of carbonyl (C=O) groups excluding carboxylic acids is 1. The van der Waals surface area contributed by atoms with Gasteiger partial charge in [-0.1, -0.05) is 18.2 Å². The number of carbonyl (C=O) groups is 1. The van der Waals surface area contributed by atoms with Gasteiger partial charge in [-0.05, 0) is 45.2 Å². The molecule has 0 aromatic heterocycles. The molecule has 1 saturated heterocycles. The van der Waals surface area contributed by atoms with Crippen molar-refractivity contribution < 1.29 is 4.79 Å². The molecule has 1 aliphatic heterocycles. The summed E-state index contributed by atoms with van der Waals surface area (Å²) in [5, 5.41) is 3.71. The standard InChI is InChI=1S/C19H31N3O/c1-5-21(16(4)23)14-17-8-6-7-9-19(17)20-18-10-12-22(13-11-18)15(2)3/h6-9,15,18,20H,5,10-14H2,1-4H3. The number of hydrogen-bond acceptors (Lipinski definition) is 3. The minimum Gasteiger partial charge on any atom is -0.382 e. The number of anilines is 1.